The maximum absolute atomic E-state index is 5.52. The lowest BCUT2D eigenvalue weighted by Gasteiger charge is -2.09. The summed E-state index contributed by atoms with van der Waals surface area (Å²) in [6, 6.07) is 0.314. The maximum Gasteiger partial charge on any atom is 0.322 e. The summed E-state index contributed by atoms with van der Waals surface area (Å²) in [5, 5.41) is 7.11. The molecule has 0 aliphatic carbocycles. The Morgan fingerprint density at radius 1 is 1.32 bits per heavy atom. The fourth-order valence-electron chi connectivity index (χ4n) is 1.51. The van der Waals surface area contributed by atoms with E-state index in [4.69, 9.17) is 4.74 Å². The second-order valence-electron chi connectivity index (χ2n) is 4.27. The number of hydrogen-bond donors (Lipinski definition) is 1. The Hall–Kier alpha value is -2.18. The lowest BCUT2D eigenvalue weighted by atomic mass is 10.3. The first-order chi connectivity index (χ1) is 9.12. The maximum atomic E-state index is 5.52. The Balaban J connectivity index is 2.38. The molecule has 1 N–H and O–H groups in total. The molecule has 0 spiro atoms. The van der Waals surface area contributed by atoms with Crippen LogP contribution in [0.5, 0.6) is 6.01 Å². The van der Waals surface area contributed by atoms with Crippen molar-refractivity contribution in [2.45, 2.75) is 33.4 Å². The molecule has 7 heteroatoms. The highest BCUT2D eigenvalue weighted by Crippen LogP contribution is 2.18. The molecule has 0 amide bonds. The first kappa shape index (κ1) is 13.3. The van der Waals surface area contributed by atoms with Gasteiger partial charge in [0.2, 0.25) is 5.95 Å². The van der Waals surface area contributed by atoms with Gasteiger partial charge in [-0.05, 0) is 20.8 Å². The van der Waals surface area contributed by atoms with Gasteiger partial charge >= 0.3 is 6.01 Å². The molecule has 0 fully saturated rings. The van der Waals surface area contributed by atoms with E-state index >= 15 is 0 Å². The van der Waals surface area contributed by atoms with Gasteiger partial charge in [0.05, 0.1) is 17.9 Å². The van der Waals surface area contributed by atoms with Crippen molar-refractivity contribution in [2.75, 3.05) is 12.4 Å². The molecular formula is C12H18N6O. The summed E-state index contributed by atoms with van der Waals surface area (Å²) >= 11 is 0. The smallest absolute Gasteiger partial charge is 0.322 e. The van der Waals surface area contributed by atoms with Gasteiger partial charge in [0.25, 0.3) is 0 Å². The molecule has 0 saturated carbocycles. The van der Waals surface area contributed by atoms with Gasteiger partial charge in [0, 0.05) is 19.8 Å². The van der Waals surface area contributed by atoms with Crippen LogP contribution < -0.4 is 10.1 Å². The van der Waals surface area contributed by atoms with Crippen LogP contribution in [0, 0.1) is 0 Å². The van der Waals surface area contributed by atoms with Crippen LogP contribution in [0.25, 0.3) is 11.4 Å². The molecule has 2 heterocycles. The van der Waals surface area contributed by atoms with E-state index in [0.29, 0.717) is 17.8 Å². The van der Waals surface area contributed by atoms with Crippen molar-refractivity contribution in [3.8, 4) is 17.4 Å². The first-order valence-electron chi connectivity index (χ1n) is 6.25. The molecule has 19 heavy (non-hydrogen) atoms. The molecule has 0 aliphatic heterocycles. The van der Waals surface area contributed by atoms with Crippen LogP contribution >= 0.6 is 0 Å². The summed E-state index contributed by atoms with van der Waals surface area (Å²) in [5.74, 6) is 1.03. The van der Waals surface area contributed by atoms with Crippen molar-refractivity contribution in [3.05, 3.63) is 12.4 Å². The summed E-state index contributed by atoms with van der Waals surface area (Å²) in [5.41, 5.74) is 0.842. The SMILES string of the molecule is CCn1cc(-c2nc(NC)nc(OC(C)C)n2)cn1. The lowest BCUT2D eigenvalue weighted by molar-refractivity contribution is 0.222. The zero-order valence-corrected chi connectivity index (χ0v) is 11.6. The average Bonchev–Trinajstić information content (AvgIpc) is 2.86. The van der Waals surface area contributed by atoms with Gasteiger partial charge < -0.3 is 10.1 Å². The molecule has 2 aromatic heterocycles. The van der Waals surface area contributed by atoms with E-state index in [1.807, 2.05) is 31.6 Å². The second kappa shape index (κ2) is 5.64. The molecule has 102 valence electrons. The van der Waals surface area contributed by atoms with Gasteiger partial charge in [-0.3, -0.25) is 4.68 Å². The molecule has 0 bridgehead atoms. The number of nitrogens with one attached hydrogen (secondary N) is 1. The number of aryl methyl sites for hydroxylation is 1. The third-order valence-corrected chi connectivity index (χ3v) is 2.40. The van der Waals surface area contributed by atoms with E-state index in [0.717, 1.165) is 12.1 Å². The molecule has 0 atom stereocenters. The van der Waals surface area contributed by atoms with Crippen LogP contribution in [0.4, 0.5) is 5.95 Å². The lowest BCUT2D eigenvalue weighted by Crippen LogP contribution is -2.11. The van der Waals surface area contributed by atoms with Crippen LogP contribution in [0.2, 0.25) is 0 Å². The van der Waals surface area contributed by atoms with E-state index in [-0.39, 0.29) is 6.10 Å². The minimum absolute atomic E-state index is 0.0123. The zero-order valence-electron chi connectivity index (χ0n) is 11.6. The number of hydrogen-bond acceptors (Lipinski definition) is 6. The third kappa shape index (κ3) is 3.18. The zero-order chi connectivity index (χ0) is 13.8. The Labute approximate surface area is 112 Å². The predicted octanol–water partition coefficient (Wildman–Crippen LogP) is 1.58. The Bertz CT molecular complexity index is 551. The highest BCUT2D eigenvalue weighted by atomic mass is 16.5. The topological polar surface area (TPSA) is 77.8 Å². The number of rotatable bonds is 5. The van der Waals surface area contributed by atoms with E-state index in [1.54, 1.807) is 13.2 Å². The van der Waals surface area contributed by atoms with Crippen molar-refractivity contribution in [1.29, 1.82) is 0 Å². The number of ether oxygens (including phenoxy) is 1. The Morgan fingerprint density at radius 2 is 2.11 bits per heavy atom. The summed E-state index contributed by atoms with van der Waals surface area (Å²) in [6.07, 6.45) is 3.64. The number of anilines is 1. The highest BCUT2D eigenvalue weighted by Gasteiger charge is 2.11. The van der Waals surface area contributed by atoms with E-state index < -0.39 is 0 Å². The summed E-state index contributed by atoms with van der Waals surface area (Å²) in [7, 11) is 1.76. The molecule has 0 radical (unpaired) electrons. The number of aromatic nitrogens is 5. The second-order valence-corrected chi connectivity index (χ2v) is 4.27. The average molecular weight is 262 g/mol. The van der Waals surface area contributed by atoms with Crippen molar-refractivity contribution >= 4 is 5.95 Å². The fourth-order valence-corrected chi connectivity index (χ4v) is 1.51. The molecule has 7 nitrogen and oxygen atoms in total. The van der Waals surface area contributed by atoms with Crippen LogP contribution in [-0.2, 0) is 6.54 Å². The minimum atomic E-state index is 0.0123. The molecule has 0 aliphatic rings. The van der Waals surface area contributed by atoms with E-state index in [1.165, 1.54) is 0 Å². The van der Waals surface area contributed by atoms with Crippen molar-refractivity contribution in [2.24, 2.45) is 0 Å². The molecule has 0 unspecified atom stereocenters. The van der Waals surface area contributed by atoms with Crippen molar-refractivity contribution in [3.63, 3.8) is 0 Å². The van der Waals surface area contributed by atoms with Crippen molar-refractivity contribution < 1.29 is 4.74 Å². The minimum Gasteiger partial charge on any atom is -0.461 e. The Morgan fingerprint density at radius 3 is 2.68 bits per heavy atom. The number of nitrogens with zero attached hydrogens (tertiary/aromatic N) is 5. The standard InChI is InChI=1S/C12H18N6O/c1-5-18-7-9(6-14-18)10-15-11(13-4)17-12(16-10)19-8(2)3/h6-8H,5H2,1-4H3,(H,13,15,16,17). The molecule has 2 aromatic rings. The van der Waals surface area contributed by atoms with Crippen LogP contribution in [0.3, 0.4) is 0 Å². The first-order valence-corrected chi connectivity index (χ1v) is 6.25. The van der Waals surface area contributed by atoms with Gasteiger partial charge in [-0.1, -0.05) is 0 Å². The van der Waals surface area contributed by atoms with Crippen LogP contribution in [0.1, 0.15) is 20.8 Å². The van der Waals surface area contributed by atoms with Crippen molar-refractivity contribution in [1.82, 2.24) is 24.7 Å². The summed E-state index contributed by atoms with van der Waals surface area (Å²) in [4.78, 5) is 12.8. The normalized spacial score (nSPS) is 10.8. The largest absolute Gasteiger partial charge is 0.461 e. The fraction of sp³-hybridized carbons (Fsp3) is 0.500. The molecule has 2 rings (SSSR count). The summed E-state index contributed by atoms with van der Waals surface area (Å²) in [6.45, 7) is 6.69. The van der Waals surface area contributed by atoms with Gasteiger partial charge in [-0.25, -0.2) is 0 Å². The van der Waals surface area contributed by atoms with Gasteiger partial charge in [-0.2, -0.15) is 20.1 Å². The third-order valence-electron chi connectivity index (χ3n) is 2.40. The molecule has 0 saturated heterocycles. The summed E-state index contributed by atoms with van der Waals surface area (Å²) < 4.78 is 7.34. The molecule has 0 aromatic carbocycles. The predicted molar refractivity (Wildman–Crippen MR) is 72.0 cm³/mol. The highest BCUT2D eigenvalue weighted by molar-refractivity contribution is 5.54. The van der Waals surface area contributed by atoms with Crippen LogP contribution in [-0.4, -0.2) is 37.9 Å². The molecular weight excluding hydrogens is 244 g/mol. The van der Waals surface area contributed by atoms with Crippen LogP contribution in [0.15, 0.2) is 12.4 Å². The quantitative estimate of drug-likeness (QED) is 0.881. The van der Waals surface area contributed by atoms with Gasteiger partial charge in [-0.15, -0.1) is 0 Å². The monoisotopic (exact) mass is 262 g/mol. The van der Waals surface area contributed by atoms with Gasteiger partial charge in [0.15, 0.2) is 5.82 Å². The van der Waals surface area contributed by atoms with E-state index in [2.05, 4.69) is 25.4 Å². The van der Waals surface area contributed by atoms with E-state index in [9.17, 15) is 0 Å². The Kier molecular flexibility index (Phi) is 3.94. The van der Waals surface area contributed by atoms with Gasteiger partial charge in [0.1, 0.15) is 0 Å².